The molecule has 1 aromatic rings. The van der Waals surface area contributed by atoms with Gasteiger partial charge in [-0.05, 0) is 50.8 Å². The standard InChI is InChI=1S/C14H22ClNO/c1-14(2,17-3)9-8-11(10-16)12-6-4-5-7-13(12)15/h4-7,11H,8-10,16H2,1-3H3. The van der Waals surface area contributed by atoms with E-state index in [1.807, 2.05) is 18.2 Å². The van der Waals surface area contributed by atoms with Gasteiger partial charge in [0.1, 0.15) is 0 Å². The Balaban J connectivity index is 2.70. The maximum atomic E-state index is 6.19. The second-order valence-corrected chi connectivity index (χ2v) is 5.36. The first-order chi connectivity index (χ1) is 8.00. The van der Waals surface area contributed by atoms with Crippen LogP contribution in [0.5, 0.6) is 0 Å². The molecule has 0 amide bonds. The van der Waals surface area contributed by atoms with E-state index >= 15 is 0 Å². The van der Waals surface area contributed by atoms with Crippen molar-refractivity contribution in [2.24, 2.45) is 5.73 Å². The molecule has 0 aliphatic carbocycles. The third-order valence-electron chi connectivity index (χ3n) is 3.28. The summed E-state index contributed by atoms with van der Waals surface area (Å²) in [5.41, 5.74) is 6.88. The van der Waals surface area contributed by atoms with E-state index in [9.17, 15) is 0 Å². The molecule has 0 radical (unpaired) electrons. The first kappa shape index (κ1) is 14.5. The van der Waals surface area contributed by atoms with Crippen molar-refractivity contribution in [2.75, 3.05) is 13.7 Å². The van der Waals surface area contributed by atoms with Crippen LogP contribution in [-0.4, -0.2) is 19.3 Å². The molecule has 0 bridgehead atoms. The van der Waals surface area contributed by atoms with Gasteiger partial charge in [0.15, 0.2) is 0 Å². The number of benzene rings is 1. The topological polar surface area (TPSA) is 35.2 Å². The van der Waals surface area contributed by atoms with Crippen molar-refractivity contribution < 1.29 is 4.74 Å². The molecule has 96 valence electrons. The number of methoxy groups -OCH3 is 1. The van der Waals surface area contributed by atoms with Gasteiger partial charge in [-0.1, -0.05) is 29.8 Å². The molecule has 1 rings (SSSR count). The summed E-state index contributed by atoms with van der Waals surface area (Å²) in [6.45, 7) is 4.80. The molecular formula is C14H22ClNO. The molecule has 1 unspecified atom stereocenters. The minimum atomic E-state index is -0.103. The van der Waals surface area contributed by atoms with Crippen molar-refractivity contribution in [1.82, 2.24) is 0 Å². The average molecular weight is 256 g/mol. The van der Waals surface area contributed by atoms with E-state index in [1.54, 1.807) is 7.11 Å². The van der Waals surface area contributed by atoms with Gasteiger partial charge >= 0.3 is 0 Å². The van der Waals surface area contributed by atoms with Gasteiger partial charge in [-0.25, -0.2) is 0 Å². The first-order valence-corrected chi connectivity index (χ1v) is 6.37. The Morgan fingerprint density at radius 2 is 2.00 bits per heavy atom. The zero-order valence-corrected chi connectivity index (χ0v) is 11.6. The van der Waals surface area contributed by atoms with Gasteiger partial charge in [0.05, 0.1) is 5.60 Å². The molecule has 3 heteroatoms. The van der Waals surface area contributed by atoms with Crippen molar-refractivity contribution in [3.63, 3.8) is 0 Å². The van der Waals surface area contributed by atoms with Crippen LogP contribution in [0.3, 0.4) is 0 Å². The van der Waals surface area contributed by atoms with E-state index in [2.05, 4.69) is 19.9 Å². The highest BCUT2D eigenvalue weighted by Gasteiger charge is 2.20. The number of halogens is 1. The number of ether oxygens (including phenoxy) is 1. The molecule has 0 aromatic heterocycles. The Bertz CT molecular complexity index is 352. The maximum absolute atomic E-state index is 6.19. The van der Waals surface area contributed by atoms with Crippen molar-refractivity contribution in [2.45, 2.75) is 38.2 Å². The van der Waals surface area contributed by atoms with Gasteiger partial charge in [-0.2, -0.15) is 0 Å². The van der Waals surface area contributed by atoms with Crippen LogP contribution in [0.2, 0.25) is 5.02 Å². The van der Waals surface area contributed by atoms with Gasteiger partial charge in [0, 0.05) is 12.1 Å². The molecule has 0 saturated heterocycles. The summed E-state index contributed by atoms with van der Waals surface area (Å²) in [6, 6.07) is 7.92. The number of hydrogen-bond acceptors (Lipinski definition) is 2. The minimum absolute atomic E-state index is 0.103. The van der Waals surface area contributed by atoms with Crippen LogP contribution >= 0.6 is 11.6 Å². The molecule has 0 fully saturated rings. The fraction of sp³-hybridized carbons (Fsp3) is 0.571. The van der Waals surface area contributed by atoms with Crippen molar-refractivity contribution in [1.29, 1.82) is 0 Å². The molecule has 0 heterocycles. The predicted octanol–water partition coefficient (Wildman–Crippen LogP) is 3.59. The van der Waals surface area contributed by atoms with Crippen LogP contribution in [0.15, 0.2) is 24.3 Å². The fourth-order valence-corrected chi connectivity index (χ4v) is 2.12. The van der Waals surface area contributed by atoms with Crippen LogP contribution in [0, 0.1) is 0 Å². The largest absolute Gasteiger partial charge is 0.379 e. The molecule has 17 heavy (non-hydrogen) atoms. The first-order valence-electron chi connectivity index (χ1n) is 6.00. The van der Waals surface area contributed by atoms with E-state index in [0.29, 0.717) is 12.5 Å². The highest BCUT2D eigenvalue weighted by molar-refractivity contribution is 6.31. The smallest absolute Gasteiger partial charge is 0.0623 e. The average Bonchev–Trinajstić information content (AvgIpc) is 2.32. The summed E-state index contributed by atoms with van der Waals surface area (Å²) in [5, 5.41) is 0.804. The van der Waals surface area contributed by atoms with Crippen molar-refractivity contribution in [3.05, 3.63) is 34.9 Å². The molecule has 0 spiro atoms. The van der Waals surface area contributed by atoms with Gasteiger partial charge in [-0.15, -0.1) is 0 Å². The summed E-state index contributed by atoms with van der Waals surface area (Å²) in [6.07, 6.45) is 1.96. The Morgan fingerprint density at radius 1 is 1.35 bits per heavy atom. The molecule has 1 aromatic carbocycles. The highest BCUT2D eigenvalue weighted by atomic mass is 35.5. The molecule has 2 nitrogen and oxygen atoms in total. The normalized spacial score (nSPS) is 13.7. The lowest BCUT2D eigenvalue weighted by Crippen LogP contribution is -2.24. The van der Waals surface area contributed by atoms with Crippen LogP contribution in [-0.2, 0) is 4.74 Å². The van der Waals surface area contributed by atoms with Gasteiger partial charge in [-0.3, -0.25) is 0 Å². The fourth-order valence-electron chi connectivity index (χ4n) is 1.83. The predicted molar refractivity (Wildman–Crippen MR) is 73.6 cm³/mol. The number of hydrogen-bond donors (Lipinski definition) is 1. The summed E-state index contributed by atoms with van der Waals surface area (Å²) in [4.78, 5) is 0. The van der Waals surface area contributed by atoms with E-state index in [4.69, 9.17) is 22.1 Å². The number of rotatable bonds is 6. The van der Waals surface area contributed by atoms with Crippen molar-refractivity contribution in [3.8, 4) is 0 Å². The van der Waals surface area contributed by atoms with Crippen LogP contribution in [0.1, 0.15) is 38.2 Å². The Labute approximate surface area is 109 Å². The molecule has 0 saturated carbocycles. The van der Waals surface area contributed by atoms with E-state index in [1.165, 1.54) is 0 Å². The van der Waals surface area contributed by atoms with Gasteiger partial charge in [0.25, 0.3) is 0 Å². The van der Waals surface area contributed by atoms with Crippen LogP contribution < -0.4 is 5.73 Å². The summed E-state index contributed by atoms with van der Waals surface area (Å²) in [5.74, 6) is 0.304. The lowest BCUT2D eigenvalue weighted by Gasteiger charge is -2.26. The Kier molecular flexibility index (Phi) is 5.44. The Morgan fingerprint density at radius 3 is 2.53 bits per heavy atom. The molecule has 0 aliphatic rings. The molecule has 1 atom stereocenters. The van der Waals surface area contributed by atoms with E-state index in [-0.39, 0.29) is 5.60 Å². The third-order valence-corrected chi connectivity index (χ3v) is 3.62. The molecular weight excluding hydrogens is 234 g/mol. The third kappa shape index (κ3) is 4.30. The summed E-state index contributed by atoms with van der Waals surface area (Å²) >= 11 is 6.19. The zero-order valence-electron chi connectivity index (χ0n) is 10.9. The second kappa shape index (κ2) is 6.39. The lowest BCUT2D eigenvalue weighted by atomic mass is 9.89. The minimum Gasteiger partial charge on any atom is -0.379 e. The highest BCUT2D eigenvalue weighted by Crippen LogP contribution is 2.29. The Hall–Kier alpha value is -0.570. The van der Waals surface area contributed by atoms with Crippen LogP contribution in [0.4, 0.5) is 0 Å². The van der Waals surface area contributed by atoms with E-state index < -0.39 is 0 Å². The zero-order chi connectivity index (χ0) is 12.9. The maximum Gasteiger partial charge on any atom is 0.0623 e. The quantitative estimate of drug-likeness (QED) is 0.843. The SMILES string of the molecule is COC(C)(C)CCC(CN)c1ccccc1Cl. The van der Waals surface area contributed by atoms with Gasteiger partial charge < -0.3 is 10.5 Å². The summed E-state index contributed by atoms with van der Waals surface area (Å²) in [7, 11) is 1.74. The van der Waals surface area contributed by atoms with Gasteiger partial charge in [0.2, 0.25) is 0 Å². The molecule has 2 N–H and O–H groups in total. The number of nitrogens with two attached hydrogens (primary N) is 1. The molecule has 0 aliphatic heterocycles. The van der Waals surface area contributed by atoms with Crippen LogP contribution in [0.25, 0.3) is 0 Å². The second-order valence-electron chi connectivity index (χ2n) is 4.96. The monoisotopic (exact) mass is 255 g/mol. The van der Waals surface area contributed by atoms with Crippen molar-refractivity contribution >= 4 is 11.6 Å². The van der Waals surface area contributed by atoms with E-state index in [0.717, 1.165) is 23.4 Å². The lowest BCUT2D eigenvalue weighted by molar-refractivity contribution is 0.0125. The summed E-state index contributed by atoms with van der Waals surface area (Å²) < 4.78 is 5.42.